The Kier molecular flexibility index (Phi) is 10.1. The van der Waals surface area contributed by atoms with E-state index in [1.54, 1.807) is 11.5 Å². The van der Waals surface area contributed by atoms with Crippen molar-refractivity contribution in [3.05, 3.63) is 70.5 Å². The summed E-state index contributed by atoms with van der Waals surface area (Å²) < 4.78 is 6.93. The van der Waals surface area contributed by atoms with Crippen LogP contribution in [0.4, 0.5) is 5.69 Å². The number of hydrogen-bond donors (Lipinski definition) is 1. The zero-order chi connectivity index (χ0) is 26.1. The molecule has 0 aliphatic heterocycles. The zero-order valence-corrected chi connectivity index (χ0v) is 22.3. The summed E-state index contributed by atoms with van der Waals surface area (Å²) in [7, 11) is 0. The number of likely N-dealkylation sites (N-methyl/N-ethyl adjacent to an activating group) is 1. The maximum absolute atomic E-state index is 13.8. The van der Waals surface area contributed by atoms with Gasteiger partial charge in [-0.15, -0.1) is 0 Å². The molecule has 0 amide bonds. The van der Waals surface area contributed by atoms with Crippen molar-refractivity contribution in [2.45, 2.75) is 40.7 Å². The molecule has 0 unspecified atom stereocenters. The van der Waals surface area contributed by atoms with E-state index >= 15 is 0 Å². The second-order valence-electron chi connectivity index (χ2n) is 9.05. The molecule has 3 rings (SSSR count). The highest BCUT2D eigenvalue weighted by atomic mass is 16.5. The molecule has 1 N–H and O–H groups in total. The SMILES string of the molecule is CCOC(=O)c1c(NCCN(CCN(CC)CC)C(C)C)c2ccccc2n(-c2ccccc2)c1=O. The van der Waals surface area contributed by atoms with Gasteiger partial charge in [-0.1, -0.05) is 50.2 Å². The number of para-hydroxylation sites is 2. The van der Waals surface area contributed by atoms with Crippen molar-refractivity contribution in [3.63, 3.8) is 0 Å². The number of anilines is 1. The van der Waals surface area contributed by atoms with Gasteiger partial charge in [0.2, 0.25) is 0 Å². The standard InChI is InChI=1S/C29H40N4O3/c1-6-31(7-2)20-21-32(22(4)5)19-18-30-27-24-16-12-13-17-25(24)33(23-14-10-9-11-15-23)28(34)26(27)29(35)36-8-3/h9-17,22,30H,6-8,18-21H2,1-5H3. The Morgan fingerprint density at radius 2 is 1.61 bits per heavy atom. The van der Waals surface area contributed by atoms with Crippen molar-refractivity contribution in [3.8, 4) is 5.69 Å². The quantitative estimate of drug-likeness (QED) is 0.351. The highest BCUT2D eigenvalue weighted by molar-refractivity contribution is 6.05. The Morgan fingerprint density at radius 3 is 2.25 bits per heavy atom. The van der Waals surface area contributed by atoms with E-state index in [0.717, 1.165) is 43.6 Å². The van der Waals surface area contributed by atoms with E-state index in [9.17, 15) is 9.59 Å². The summed E-state index contributed by atoms with van der Waals surface area (Å²) in [6, 6.07) is 17.5. The Labute approximate surface area is 214 Å². The fourth-order valence-electron chi connectivity index (χ4n) is 4.51. The van der Waals surface area contributed by atoms with Crippen molar-refractivity contribution >= 4 is 22.6 Å². The van der Waals surface area contributed by atoms with Crippen LogP contribution in [0.3, 0.4) is 0 Å². The van der Waals surface area contributed by atoms with Gasteiger partial charge >= 0.3 is 5.97 Å². The van der Waals surface area contributed by atoms with Crippen molar-refractivity contribution in [1.82, 2.24) is 14.4 Å². The van der Waals surface area contributed by atoms with Crippen molar-refractivity contribution in [1.29, 1.82) is 0 Å². The van der Waals surface area contributed by atoms with Gasteiger partial charge in [0.15, 0.2) is 0 Å². The summed E-state index contributed by atoms with van der Waals surface area (Å²) in [5.74, 6) is -0.609. The summed E-state index contributed by atoms with van der Waals surface area (Å²) in [5.41, 5.74) is 1.64. The Balaban J connectivity index is 1.99. The van der Waals surface area contributed by atoms with E-state index in [1.807, 2.05) is 54.6 Å². The lowest BCUT2D eigenvalue weighted by Crippen LogP contribution is -2.41. The lowest BCUT2D eigenvalue weighted by molar-refractivity contribution is 0.0525. The fraction of sp³-hybridized carbons (Fsp3) is 0.448. The number of pyridine rings is 1. The third kappa shape index (κ3) is 6.33. The molecule has 0 saturated carbocycles. The largest absolute Gasteiger partial charge is 0.462 e. The average molecular weight is 493 g/mol. The van der Waals surface area contributed by atoms with E-state index in [1.165, 1.54) is 0 Å². The smallest absolute Gasteiger partial charge is 0.345 e. The number of carbonyl (C=O) groups is 1. The summed E-state index contributed by atoms with van der Waals surface area (Å²) in [5, 5.41) is 4.26. The second-order valence-corrected chi connectivity index (χ2v) is 9.05. The van der Waals surface area contributed by atoms with Gasteiger partial charge in [0.05, 0.1) is 17.8 Å². The number of esters is 1. The van der Waals surface area contributed by atoms with Crippen LogP contribution >= 0.6 is 0 Å². The zero-order valence-electron chi connectivity index (χ0n) is 22.3. The van der Waals surface area contributed by atoms with Gasteiger partial charge in [-0.05, 0) is 52.1 Å². The van der Waals surface area contributed by atoms with Crippen LogP contribution in [0.5, 0.6) is 0 Å². The lowest BCUT2D eigenvalue weighted by Gasteiger charge is -2.29. The summed E-state index contributed by atoms with van der Waals surface area (Å²) >= 11 is 0. The molecule has 1 aromatic heterocycles. The molecule has 7 nitrogen and oxygen atoms in total. The molecular formula is C29H40N4O3. The number of ether oxygens (including phenoxy) is 1. The minimum Gasteiger partial charge on any atom is -0.462 e. The highest BCUT2D eigenvalue weighted by Crippen LogP contribution is 2.27. The Hall–Kier alpha value is -3.16. The number of hydrogen-bond acceptors (Lipinski definition) is 6. The third-order valence-corrected chi connectivity index (χ3v) is 6.60. The predicted molar refractivity (Wildman–Crippen MR) is 148 cm³/mol. The maximum Gasteiger partial charge on any atom is 0.345 e. The van der Waals surface area contributed by atoms with Crippen LogP contribution in [0.25, 0.3) is 16.6 Å². The van der Waals surface area contributed by atoms with Gasteiger partial charge in [0.1, 0.15) is 5.56 Å². The monoisotopic (exact) mass is 492 g/mol. The minimum atomic E-state index is -0.609. The van der Waals surface area contributed by atoms with Crippen LogP contribution in [-0.2, 0) is 4.74 Å². The molecule has 36 heavy (non-hydrogen) atoms. The van der Waals surface area contributed by atoms with E-state index in [0.29, 0.717) is 24.0 Å². The molecule has 0 fully saturated rings. The molecule has 1 heterocycles. The molecule has 7 heteroatoms. The number of carbonyl (C=O) groups excluding carboxylic acids is 1. The first-order valence-corrected chi connectivity index (χ1v) is 13.0. The number of fused-ring (bicyclic) bond motifs is 1. The molecule has 194 valence electrons. The fourth-order valence-corrected chi connectivity index (χ4v) is 4.51. The maximum atomic E-state index is 13.8. The second kappa shape index (κ2) is 13.2. The molecule has 2 aromatic carbocycles. The average Bonchev–Trinajstić information content (AvgIpc) is 2.88. The first-order chi connectivity index (χ1) is 17.4. The molecule has 0 radical (unpaired) electrons. The van der Waals surface area contributed by atoms with Gasteiger partial charge in [0, 0.05) is 43.3 Å². The normalized spacial score (nSPS) is 11.6. The first-order valence-electron chi connectivity index (χ1n) is 13.0. The van der Waals surface area contributed by atoms with Gasteiger partial charge in [0.25, 0.3) is 5.56 Å². The first kappa shape index (κ1) is 27.4. The van der Waals surface area contributed by atoms with Gasteiger partial charge in [-0.2, -0.15) is 0 Å². The van der Waals surface area contributed by atoms with Crippen LogP contribution in [0.15, 0.2) is 59.4 Å². The topological polar surface area (TPSA) is 66.8 Å². The summed E-state index contributed by atoms with van der Waals surface area (Å²) in [4.78, 5) is 31.7. The predicted octanol–water partition coefficient (Wildman–Crippen LogP) is 4.63. The van der Waals surface area contributed by atoms with Crippen molar-refractivity contribution < 1.29 is 9.53 Å². The molecule has 0 atom stereocenters. The van der Waals surface area contributed by atoms with Crippen LogP contribution < -0.4 is 10.9 Å². The minimum absolute atomic E-state index is 0.0404. The Morgan fingerprint density at radius 1 is 0.944 bits per heavy atom. The van der Waals surface area contributed by atoms with E-state index in [2.05, 4.69) is 42.8 Å². The van der Waals surface area contributed by atoms with Gasteiger partial charge in [-0.3, -0.25) is 14.3 Å². The lowest BCUT2D eigenvalue weighted by atomic mass is 10.1. The molecule has 0 aliphatic carbocycles. The third-order valence-electron chi connectivity index (χ3n) is 6.60. The highest BCUT2D eigenvalue weighted by Gasteiger charge is 2.24. The van der Waals surface area contributed by atoms with Crippen LogP contribution in [-0.4, -0.2) is 72.3 Å². The molecular weight excluding hydrogens is 452 g/mol. The molecule has 0 saturated heterocycles. The van der Waals surface area contributed by atoms with Gasteiger partial charge < -0.3 is 15.0 Å². The number of nitrogens with zero attached hydrogens (tertiary/aromatic N) is 3. The van der Waals surface area contributed by atoms with E-state index < -0.39 is 5.97 Å². The Bertz CT molecular complexity index is 1190. The molecule has 0 spiro atoms. The molecule has 0 aliphatic rings. The van der Waals surface area contributed by atoms with E-state index in [4.69, 9.17) is 4.74 Å². The van der Waals surface area contributed by atoms with Crippen LogP contribution in [0.2, 0.25) is 0 Å². The van der Waals surface area contributed by atoms with Gasteiger partial charge in [-0.25, -0.2) is 4.79 Å². The van der Waals surface area contributed by atoms with Crippen LogP contribution in [0, 0.1) is 0 Å². The van der Waals surface area contributed by atoms with Crippen molar-refractivity contribution in [2.75, 3.05) is 51.2 Å². The number of rotatable bonds is 13. The van der Waals surface area contributed by atoms with E-state index in [-0.39, 0.29) is 17.7 Å². The molecule has 0 bridgehead atoms. The summed E-state index contributed by atoms with van der Waals surface area (Å²) in [6.07, 6.45) is 0. The number of nitrogens with one attached hydrogen (secondary N) is 1. The number of aromatic nitrogens is 1. The van der Waals surface area contributed by atoms with Crippen LogP contribution in [0.1, 0.15) is 45.0 Å². The number of benzene rings is 2. The van der Waals surface area contributed by atoms with Crippen molar-refractivity contribution in [2.24, 2.45) is 0 Å². The molecule has 3 aromatic rings. The summed E-state index contributed by atoms with van der Waals surface area (Å²) in [6.45, 7) is 16.1.